The van der Waals surface area contributed by atoms with Gasteiger partial charge in [0.1, 0.15) is 22.6 Å². The number of fused-ring (bicyclic) bond motifs is 1. The minimum Gasteiger partial charge on any atom is -0.343 e. The summed E-state index contributed by atoms with van der Waals surface area (Å²) in [5, 5.41) is 8.54. The lowest BCUT2D eigenvalue weighted by Gasteiger charge is -2.45. The maximum absolute atomic E-state index is 14.4. The second-order valence-corrected chi connectivity index (χ2v) is 12.0. The number of carbonyl (C=O) groups is 3. The number of rotatable bonds is 8. The molecule has 0 bridgehead atoms. The second-order valence-electron chi connectivity index (χ2n) is 11.1. The molecule has 4 atom stereocenters. The molecule has 1 saturated carbocycles. The van der Waals surface area contributed by atoms with Crippen molar-refractivity contribution in [3.8, 4) is 0 Å². The highest BCUT2D eigenvalue weighted by atomic mass is 32.1. The summed E-state index contributed by atoms with van der Waals surface area (Å²) in [5.41, 5.74) is 0.681. The topological polar surface area (TPSA) is 94.6 Å². The molecular formula is C29H38FN5O3S. The monoisotopic (exact) mass is 555 g/mol. The summed E-state index contributed by atoms with van der Waals surface area (Å²) in [4.78, 5) is 49.4. The molecule has 2 saturated heterocycles. The van der Waals surface area contributed by atoms with Crippen LogP contribution in [0.4, 0.5) is 4.39 Å². The molecule has 3 aliphatic rings. The Balaban J connectivity index is 1.43. The summed E-state index contributed by atoms with van der Waals surface area (Å²) < 4.78 is 13.4. The molecular weight excluding hydrogens is 517 g/mol. The Bertz CT molecular complexity index is 1180. The summed E-state index contributed by atoms with van der Waals surface area (Å²) in [6, 6.07) is 4.49. The number of aromatic nitrogens is 1. The van der Waals surface area contributed by atoms with Crippen LogP contribution in [-0.2, 0) is 9.59 Å². The Kier molecular flexibility index (Phi) is 8.73. The van der Waals surface area contributed by atoms with E-state index in [1.807, 2.05) is 4.90 Å². The molecule has 3 heterocycles. The zero-order valence-electron chi connectivity index (χ0n) is 22.7. The van der Waals surface area contributed by atoms with E-state index in [-0.39, 0.29) is 29.6 Å². The Morgan fingerprint density at radius 2 is 1.79 bits per heavy atom. The van der Waals surface area contributed by atoms with Crippen molar-refractivity contribution in [1.29, 1.82) is 0 Å². The van der Waals surface area contributed by atoms with Crippen LogP contribution in [0.1, 0.15) is 79.0 Å². The van der Waals surface area contributed by atoms with E-state index in [0.717, 1.165) is 56.5 Å². The standard InChI is InChI=1S/C29H38FN5O3S/c1-18(31-2)27(37)33-25(19-7-4-3-5-8-19)29(38)35-15-22-9-6-14-34(22)16-24(35)28-32-23(17-39-28)26(36)20-10-12-21(30)13-11-20/h10-13,17-19,22,24-25,31H,3-9,14-16H2,1-2H3,(H,33,37)/t18-,22+,24-,25-/m0/s1. The summed E-state index contributed by atoms with van der Waals surface area (Å²) in [6.45, 7) is 4.03. The molecule has 10 heteroatoms. The number of likely N-dealkylation sites (N-methyl/N-ethyl adjacent to an activating group) is 1. The normalized spacial score (nSPS) is 23.7. The third kappa shape index (κ3) is 6.07. The van der Waals surface area contributed by atoms with Gasteiger partial charge in [-0.2, -0.15) is 0 Å². The fourth-order valence-corrected chi connectivity index (χ4v) is 7.11. The van der Waals surface area contributed by atoms with Gasteiger partial charge in [0, 0.05) is 30.1 Å². The first-order valence-corrected chi connectivity index (χ1v) is 15.0. The van der Waals surface area contributed by atoms with Gasteiger partial charge in [-0.15, -0.1) is 11.3 Å². The minimum atomic E-state index is -0.579. The Morgan fingerprint density at radius 3 is 2.51 bits per heavy atom. The lowest BCUT2D eigenvalue weighted by Crippen LogP contribution is -2.60. The van der Waals surface area contributed by atoms with Gasteiger partial charge in [-0.3, -0.25) is 19.3 Å². The lowest BCUT2D eigenvalue weighted by molar-refractivity contribution is -0.144. The smallest absolute Gasteiger partial charge is 0.246 e. The van der Waals surface area contributed by atoms with E-state index in [1.54, 1.807) is 19.4 Å². The van der Waals surface area contributed by atoms with E-state index >= 15 is 0 Å². The highest BCUT2D eigenvalue weighted by Gasteiger charge is 2.44. The molecule has 5 rings (SSSR count). The first-order valence-electron chi connectivity index (χ1n) is 14.1. The number of hydrogen-bond donors (Lipinski definition) is 2. The molecule has 2 N–H and O–H groups in total. The van der Waals surface area contributed by atoms with Crippen LogP contribution in [0.25, 0.3) is 0 Å². The van der Waals surface area contributed by atoms with E-state index < -0.39 is 17.9 Å². The summed E-state index contributed by atoms with van der Waals surface area (Å²) in [6.07, 6.45) is 7.26. The number of piperazine rings is 1. The molecule has 0 radical (unpaired) electrons. The number of nitrogens with one attached hydrogen (secondary N) is 2. The van der Waals surface area contributed by atoms with E-state index in [9.17, 15) is 18.8 Å². The number of nitrogens with zero attached hydrogens (tertiary/aromatic N) is 3. The van der Waals surface area contributed by atoms with Crippen LogP contribution in [-0.4, -0.2) is 77.2 Å². The molecule has 1 aromatic carbocycles. The van der Waals surface area contributed by atoms with Crippen LogP contribution in [0.5, 0.6) is 0 Å². The molecule has 1 aliphatic carbocycles. The number of ketones is 1. The van der Waals surface area contributed by atoms with Gasteiger partial charge in [0.2, 0.25) is 17.6 Å². The summed E-state index contributed by atoms with van der Waals surface area (Å²) in [7, 11) is 1.74. The van der Waals surface area contributed by atoms with E-state index in [2.05, 4.69) is 15.5 Å². The molecule has 8 nitrogen and oxygen atoms in total. The zero-order valence-corrected chi connectivity index (χ0v) is 23.5. The average Bonchev–Trinajstić information content (AvgIpc) is 3.64. The molecule has 39 heavy (non-hydrogen) atoms. The van der Waals surface area contributed by atoms with Crippen molar-refractivity contribution in [2.24, 2.45) is 5.92 Å². The summed E-state index contributed by atoms with van der Waals surface area (Å²) >= 11 is 1.38. The van der Waals surface area contributed by atoms with Gasteiger partial charge < -0.3 is 15.5 Å². The quantitative estimate of drug-likeness (QED) is 0.484. The van der Waals surface area contributed by atoms with Gasteiger partial charge in [-0.05, 0) is 76.4 Å². The van der Waals surface area contributed by atoms with E-state index in [0.29, 0.717) is 30.4 Å². The van der Waals surface area contributed by atoms with Crippen LogP contribution in [0.3, 0.4) is 0 Å². The SMILES string of the molecule is CN[C@@H](C)C(=O)N[C@H](C(=O)N1C[C@H]2CCCN2C[C@H]1c1nc(C(=O)c2ccc(F)cc2)cs1)C1CCCCC1. The van der Waals surface area contributed by atoms with E-state index in [4.69, 9.17) is 4.98 Å². The number of carbonyl (C=O) groups excluding carboxylic acids is 3. The van der Waals surface area contributed by atoms with Gasteiger partial charge in [-0.25, -0.2) is 9.37 Å². The third-order valence-corrected chi connectivity index (χ3v) is 9.58. The van der Waals surface area contributed by atoms with Crippen molar-refractivity contribution >= 4 is 28.9 Å². The van der Waals surface area contributed by atoms with Gasteiger partial charge in [0.05, 0.1) is 12.1 Å². The second kappa shape index (κ2) is 12.2. The zero-order chi connectivity index (χ0) is 27.5. The molecule has 2 amide bonds. The molecule has 3 fully saturated rings. The lowest BCUT2D eigenvalue weighted by atomic mass is 9.82. The van der Waals surface area contributed by atoms with Crippen LogP contribution in [0, 0.1) is 11.7 Å². The Labute approximate surface area is 233 Å². The van der Waals surface area contributed by atoms with Crippen LogP contribution in [0.2, 0.25) is 0 Å². The van der Waals surface area contributed by atoms with Gasteiger partial charge in [0.25, 0.3) is 0 Å². The van der Waals surface area contributed by atoms with E-state index in [1.165, 1.54) is 35.6 Å². The van der Waals surface area contributed by atoms with Crippen molar-refractivity contribution in [2.75, 3.05) is 26.7 Å². The average molecular weight is 556 g/mol. The van der Waals surface area contributed by atoms with Crippen molar-refractivity contribution in [3.63, 3.8) is 0 Å². The number of thiazole rings is 1. The minimum absolute atomic E-state index is 0.0447. The Morgan fingerprint density at radius 1 is 1.05 bits per heavy atom. The highest BCUT2D eigenvalue weighted by molar-refractivity contribution is 7.10. The van der Waals surface area contributed by atoms with Crippen molar-refractivity contribution in [3.05, 3.63) is 51.7 Å². The predicted octanol–water partition coefficient (Wildman–Crippen LogP) is 3.53. The van der Waals surface area contributed by atoms with Gasteiger partial charge >= 0.3 is 0 Å². The molecule has 1 aromatic heterocycles. The number of amides is 2. The van der Waals surface area contributed by atoms with Crippen molar-refractivity contribution in [1.82, 2.24) is 25.4 Å². The number of hydrogen-bond acceptors (Lipinski definition) is 7. The van der Waals surface area contributed by atoms with Crippen molar-refractivity contribution < 1.29 is 18.8 Å². The van der Waals surface area contributed by atoms with Gasteiger partial charge in [0.15, 0.2) is 0 Å². The predicted molar refractivity (Wildman–Crippen MR) is 148 cm³/mol. The van der Waals surface area contributed by atoms with Gasteiger partial charge in [-0.1, -0.05) is 19.3 Å². The number of benzene rings is 1. The maximum atomic E-state index is 14.4. The molecule has 2 aromatic rings. The number of halogens is 1. The maximum Gasteiger partial charge on any atom is 0.246 e. The van der Waals surface area contributed by atoms with Crippen LogP contribution >= 0.6 is 11.3 Å². The van der Waals surface area contributed by atoms with Crippen LogP contribution < -0.4 is 10.6 Å². The third-order valence-electron chi connectivity index (χ3n) is 8.63. The van der Waals surface area contributed by atoms with Crippen LogP contribution in [0.15, 0.2) is 29.6 Å². The Hall–Kier alpha value is -2.69. The largest absolute Gasteiger partial charge is 0.343 e. The first-order chi connectivity index (χ1) is 18.9. The summed E-state index contributed by atoms with van der Waals surface area (Å²) in [5.74, 6) is -0.770. The molecule has 0 spiro atoms. The molecule has 0 unspecified atom stereocenters. The highest BCUT2D eigenvalue weighted by Crippen LogP contribution is 2.36. The van der Waals surface area contributed by atoms with Crippen molar-refractivity contribution in [2.45, 2.75) is 76.0 Å². The fraction of sp³-hybridized carbons (Fsp3) is 0.586. The fourth-order valence-electron chi connectivity index (χ4n) is 6.20. The molecule has 2 aliphatic heterocycles. The first kappa shape index (κ1) is 27.9. The molecule has 210 valence electrons.